The molecular weight excluding hydrogens is 284 g/mol. The summed E-state index contributed by atoms with van der Waals surface area (Å²) in [6.45, 7) is 0.611. The van der Waals surface area contributed by atoms with Gasteiger partial charge in [0, 0.05) is 25.4 Å². The first-order valence-corrected chi connectivity index (χ1v) is 5.91. The third kappa shape index (κ3) is 3.67. The fourth-order valence-electron chi connectivity index (χ4n) is 1.33. The molecule has 0 spiro atoms. The first kappa shape index (κ1) is 11.8. The highest BCUT2D eigenvalue weighted by molar-refractivity contribution is 9.10. The molecule has 88 valence electrons. The number of carbonyl (C=O) groups excluding carboxylic acids is 1. The van der Waals surface area contributed by atoms with Crippen LogP contribution in [-0.2, 0) is 11.3 Å². The zero-order chi connectivity index (χ0) is 12.1. The van der Waals surface area contributed by atoms with Crippen molar-refractivity contribution in [1.29, 1.82) is 0 Å². The molecule has 17 heavy (non-hydrogen) atoms. The van der Waals surface area contributed by atoms with Crippen LogP contribution in [0.25, 0.3) is 0 Å². The second kappa shape index (κ2) is 5.58. The fraction of sp³-hybridized carbons (Fsp3) is 0.182. The molecule has 0 aliphatic carbocycles. The lowest BCUT2D eigenvalue weighted by atomic mass is 10.4. The second-order valence-corrected chi connectivity index (χ2v) is 4.26. The van der Waals surface area contributed by atoms with Crippen LogP contribution in [0, 0.1) is 0 Å². The third-order valence-corrected chi connectivity index (χ3v) is 2.58. The van der Waals surface area contributed by atoms with Gasteiger partial charge in [0.2, 0.25) is 5.91 Å². The Kier molecular flexibility index (Phi) is 3.87. The molecule has 0 aromatic carbocycles. The van der Waals surface area contributed by atoms with Crippen LogP contribution in [0.15, 0.2) is 41.5 Å². The molecule has 0 saturated carbocycles. The van der Waals surface area contributed by atoms with E-state index in [1.54, 1.807) is 24.7 Å². The Balaban J connectivity index is 1.85. The summed E-state index contributed by atoms with van der Waals surface area (Å²) in [7, 11) is 0. The van der Waals surface area contributed by atoms with Gasteiger partial charge in [0.05, 0.1) is 6.33 Å². The Bertz CT molecular complexity index is 498. The van der Waals surface area contributed by atoms with E-state index < -0.39 is 0 Å². The predicted molar refractivity (Wildman–Crippen MR) is 67.4 cm³/mol. The second-order valence-electron chi connectivity index (χ2n) is 3.44. The molecule has 0 saturated heterocycles. The van der Waals surface area contributed by atoms with Gasteiger partial charge >= 0.3 is 0 Å². The standard InChI is InChI=1S/C11H11BrN4O/c12-9-2-1-3-10(14-9)15-11(17)4-6-16-7-5-13-8-16/h1-3,5,7-8H,4,6H2,(H,14,15,17). The van der Waals surface area contributed by atoms with Crippen LogP contribution in [0.3, 0.4) is 0 Å². The SMILES string of the molecule is O=C(CCn1ccnc1)Nc1cccc(Br)n1. The summed E-state index contributed by atoms with van der Waals surface area (Å²) in [4.78, 5) is 19.7. The minimum Gasteiger partial charge on any atom is -0.337 e. The van der Waals surface area contributed by atoms with E-state index in [-0.39, 0.29) is 5.91 Å². The van der Waals surface area contributed by atoms with Crippen LogP contribution >= 0.6 is 15.9 Å². The van der Waals surface area contributed by atoms with E-state index in [4.69, 9.17) is 0 Å². The van der Waals surface area contributed by atoms with Gasteiger partial charge in [-0.25, -0.2) is 9.97 Å². The molecule has 2 rings (SSSR count). The van der Waals surface area contributed by atoms with Gasteiger partial charge in [-0.3, -0.25) is 4.79 Å². The van der Waals surface area contributed by atoms with Crippen LogP contribution in [-0.4, -0.2) is 20.4 Å². The lowest BCUT2D eigenvalue weighted by molar-refractivity contribution is -0.116. The number of nitrogens with zero attached hydrogens (tertiary/aromatic N) is 3. The smallest absolute Gasteiger partial charge is 0.227 e. The summed E-state index contributed by atoms with van der Waals surface area (Å²) in [6, 6.07) is 5.38. The maximum absolute atomic E-state index is 11.6. The van der Waals surface area contributed by atoms with E-state index in [0.29, 0.717) is 23.4 Å². The molecule has 5 nitrogen and oxygen atoms in total. The predicted octanol–water partition coefficient (Wildman–Crippen LogP) is 2.07. The van der Waals surface area contributed by atoms with Gasteiger partial charge in [-0.05, 0) is 28.1 Å². The molecule has 6 heteroatoms. The van der Waals surface area contributed by atoms with E-state index in [2.05, 4.69) is 31.2 Å². The molecule has 0 aliphatic rings. The maximum Gasteiger partial charge on any atom is 0.227 e. The van der Waals surface area contributed by atoms with Gasteiger partial charge < -0.3 is 9.88 Å². The number of hydrogen-bond acceptors (Lipinski definition) is 3. The average Bonchev–Trinajstić information content (AvgIpc) is 2.79. The molecule has 0 aliphatic heterocycles. The number of carbonyl (C=O) groups is 1. The molecule has 2 aromatic heterocycles. The minimum atomic E-state index is -0.0655. The highest BCUT2D eigenvalue weighted by Crippen LogP contribution is 2.10. The topological polar surface area (TPSA) is 59.8 Å². The summed E-state index contributed by atoms with van der Waals surface area (Å²) in [6.07, 6.45) is 5.59. The zero-order valence-corrected chi connectivity index (χ0v) is 10.6. The summed E-state index contributed by atoms with van der Waals surface area (Å²) in [5.41, 5.74) is 0. The molecular formula is C11H11BrN4O. The Hall–Kier alpha value is -1.69. The largest absolute Gasteiger partial charge is 0.337 e. The van der Waals surface area contributed by atoms with Gasteiger partial charge in [0.25, 0.3) is 0 Å². The number of anilines is 1. The highest BCUT2D eigenvalue weighted by atomic mass is 79.9. The van der Waals surface area contributed by atoms with Gasteiger partial charge in [0.1, 0.15) is 10.4 Å². The molecule has 0 atom stereocenters. The monoisotopic (exact) mass is 294 g/mol. The molecule has 2 heterocycles. The quantitative estimate of drug-likeness (QED) is 0.878. The van der Waals surface area contributed by atoms with E-state index in [9.17, 15) is 4.79 Å². The van der Waals surface area contributed by atoms with Crippen LogP contribution in [0.1, 0.15) is 6.42 Å². The molecule has 0 bridgehead atoms. The highest BCUT2D eigenvalue weighted by Gasteiger charge is 2.03. The van der Waals surface area contributed by atoms with Gasteiger partial charge in [-0.15, -0.1) is 0 Å². The van der Waals surface area contributed by atoms with Crippen LogP contribution in [0.5, 0.6) is 0 Å². The number of hydrogen-bond donors (Lipinski definition) is 1. The van der Waals surface area contributed by atoms with E-state index in [1.165, 1.54) is 0 Å². The number of rotatable bonds is 4. The number of halogens is 1. The molecule has 0 fully saturated rings. The van der Waals surface area contributed by atoms with Gasteiger partial charge in [-0.2, -0.15) is 0 Å². The summed E-state index contributed by atoms with van der Waals surface area (Å²) < 4.78 is 2.55. The van der Waals surface area contributed by atoms with Crippen molar-refractivity contribution in [3.05, 3.63) is 41.5 Å². The Morgan fingerprint density at radius 1 is 1.47 bits per heavy atom. The number of amides is 1. The molecule has 1 amide bonds. The lowest BCUT2D eigenvalue weighted by Gasteiger charge is -2.05. The zero-order valence-electron chi connectivity index (χ0n) is 9.01. The molecule has 1 N–H and O–H groups in total. The summed E-state index contributed by atoms with van der Waals surface area (Å²) in [5.74, 6) is 0.485. The van der Waals surface area contributed by atoms with Crippen LogP contribution in [0.2, 0.25) is 0 Å². The average molecular weight is 295 g/mol. The van der Waals surface area contributed by atoms with Crippen molar-refractivity contribution < 1.29 is 4.79 Å². The fourth-order valence-corrected chi connectivity index (χ4v) is 1.68. The normalized spacial score (nSPS) is 10.2. The van der Waals surface area contributed by atoms with E-state index in [1.807, 2.05) is 16.8 Å². The molecule has 0 unspecified atom stereocenters. The Morgan fingerprint density at radius 3 is 3.06 bits per heavy atom. The maximum atomic E-state index is 11.6. The number of imidazole rings is 1. The van der Waals surface area contributed by atoms with Crippen molar-refractivity contribution in [2.24, 2.45) is 0 Å². The van der Waals surface area contributed by atoms with E-state index in [0.717, 1.165) is 0 Å². The number of aromatic nitrogens is 3. The Labute approximate surface area is 107 Å². The molecule has 2 aromatic rings. The summed E-state index contributed by atoms with van der Waals surface area (Å²) in [5, 5.41) is 2.73. The van der Waals surface area contributed by atoms with Crippen LogP contribution in [0.4, 0.5) is 5.82 Å². The molecule has 0 radical (unpaired) electrons. The first-order valence-electron chi connectivity index (χ1n) is 5.12. The van der Waals surface area contributed by atoms with Crippen molar-refractivity contribution in [1.82, 2.24) is 14.5 Å². The van der Waals surface area contributed by atoms with Crippen molar-refractivity contribution in [2.45, 2.75) is 13.0 Å². The van der Waals surface area contributed by atoms with E-state index >= 15 is 0 Å². The third-order valence-electron chi connectivity index (χ3n) is 2.14. The first-order chi connectivity index (χ1) is 8.24. The minimum absolute atomic E-state index is 0.0655. The van der Waals surface area contributed by atoms with Gasteiger partial charge in [0.15, 0.2) is 0 Å². The van der Waals surface area contributed by atoms with Crippen molar-refractivity contribution in [3.63, 3.8) is 0 Å². The van der Waals surface area contributed by atoms with Crippen molar-refractivity contribution in [2.75, 3.05) is 5.32 Å². The Morgan fingerprint density at radius 2 is 2.35 bits per heavy atom. The lowest BCUT2D eigenvalue weighted by Crippen LogP contribution is -2.14. The number of aryl methyl sites for hydroxylation is 1. The van der Waals surface area contributed by atoms with Crippen LogP contribution < -0.4 is 5.32 Å². The van der Waals surface area contributed by atoms with Gasteiger partial charge in [-0.1, -0.05) is 6.07 Å². The number of nitrogens with one attached hydrogen (secondary N) is 1. The van der Waals surface area contributed by atoms with Crippen molar-refractivity contribution in [3.8, 4) is 0 Å². The van der Waals surface area contributed by atoms with Crippen molar-refractivity contribution >= 4 is 27.7 Å². The number of pyridine rings is 1. The summed E-state index contributed by atoms with van der Waals surface area (Å²) >= 11 is 3.25.